The Morgan fingerprint density at radius 3 is 2.29 bits per heavy atom. The number of ether oxygens (including phenoxy) is 3. The lowest BCUT2D eigenvalue weighted by atomic mass is 9.96. The van der Waals surface area contributed by atoms with Gasteiger partial charge < -0.3 is 19.1 Å². The highest BCUT2D eigenvalue weighted by atomic mass is 16.6. The van der Waals surface area contributed by atoms with Gasteiger partial charge in [0.1, 0.15) is 5.60 Å². The minimum absolute atomic E-state index is 0.0373. The number of hydrogen-bond donors (Lipinski definition) is 0. The zero-order chi connectivity index (χ0) is 25.3. The average Bonchev–Trinajstić information content (AvgIpc) is 2.84. The standard InChI is InChI=1S/C28H41N3O4/c1-6-8-18-33-25-13-11-23(26(30-25)34-19-9-7-2)24-12-10-22(20-29-24)31-16-14-21(15-17-31)27(32)35-28(3,4)5/h10-13,20-21H,6-9,14-19H2,1-5H3. The minimum atomic E-state index is -0.443. The highest BCUT2D eigenvalue weighted by Crippen LogP contribution is 2.31. The van der Waals surface area contributed by atoms with Crippen molar-refractivity contribution in [2.24, 2.45) is 5.92 Å². The summed E-state index contributed by atoms with van der Waals surface area (Å²) in [7, 11) is 0. The second-order valence-corrected chi connectivity index (χ2v) is 10.1. The SMILES string of the molecule is CCCCOc1ccc(-c2ccc(N3CCC(C(=O)OC(C)(C)C)CC3)cn2)c(OCCCC)n1. The Balaban J connectivity index is 1.67. The molecule has 1 saturated heterocycles. The molecule has 35 heavy (non-hydrogen) atoms. The van der Waals surface area contributed by atoms with Crippen molar-refractivity contribution in [3.63, 3.8) is 0 Å². The van der Waals surface area contributed by atoms with Gasteiger partial charge in [-0.2, -0.15) is 4.98 Å². The third-order valence-corrected chi connectivity index (χ3v) is 5.94. The van der Waals surface area contributed by atoms with Crippen LogP contribution in [0, 0.1) is 5.92 Å². The molecule has 7 nitrogen and oxygen atoms in total. The second kappa shape index (κ2) is 12.8. The Morgan fingerprint density at radius 2 is 1.69 bits per heavy atom. The van der Waals surface area contributed by atoms with E-state index < -0.39 is 5.60 Å². The number of carbonyl (C=O) groups excluding carboxylic acids is 1. The predicted octanol–water partition coefficient (Wildman–Crippen LogP) is 6.06. The molecule has 0 aromatic carbocycles. The fourth-order valence-electron chi connectivity index (χ4n) is 3.93. The lowest BCUT2D eigenvalue weighted by molar-refractivity contribution is -0.160. The second-order valence-electron chi connectivity index (χ2n) is 10.1. The summed E-state index contributed by atoms with van der Waals surface area (Å²) in [5.41, 5.74) is 2.29. The maximum atomic E-state index is 12.4. The summed E-state index contributed by atoms with van der Waals surface area (Å²) < 4.78 is 17.4. The van der Waals surface area contributed by atoms with E-state index in [2.05, 4.69) is 29.8 Å². The molecule has 0 atom stereocenters. The normalized spacial score (nSPS) is 14.6. The number of unbranched alkanes of at least 4 members (excludes halogenated alkanes) is 2. The molecule has 0 saturated carbocycles. The third kappa shape index (κ3) is 8.11. The van der Waals surface area contributed by atoms with Gasteiger partial charge in [-0.25, -0.2) is 0 Å². The molecule has 0 spiro atoms. The zero-order valence-corrected chi connectivity index (χ0v) is 22.0. The first-order valence-corrected chi connectivity index (χ1v) is 13.0. The molecule has 7 heteroatoms. The minimum Gasteiger partial charge on any atom is -0.478 e. The lowest BCUT2D eigenvalue weighted by Gasteiger charge is -2.33. The van der Waals surface area contributed by atoms with Crippen LogP contribution in [-0.2, 0) is 9.53 Å². The van der Waals surface area contributed by atoms with Crippen LogP contribution in [0.1, 0.15) is 73.1 Å². The largest absolute Gasteiger partial charge is 0.478 e. The number of aromatic nitrogens is 2. The quantitative estimate of drug-likeness (QED) is 0.284. The molecule has 0 radical (unpaired) electrons. The molecule has 0 aliphatic carbocycles. The van der Waals surface area contributed by atoms with Crippen molar-refractivity contribution < 1.29 is 19.0 Å². The fourth-order valence-corrected chi connectivity index (χ4v) is 3.93. The van der Waals surface area contributed by atoms with Crippen LogP contribution in [0.15, 0.2) is 30.5 Å². The van der Waals surface area contributed by atoms with E-state index >= 15 is 0 Å². The number of piperidine rings is 1. The molecule has 1 aliphatic heterocycles. The van der Waals surface area contributed by atoms with Crippen molar-refractivity contribution in [3.8, 4) is 23.0 Å². The van der Waals surface area contributed by atoms with Crippen LogP contribution in [0.5, 0.6) is 11.8 Å². The highest BCUT2D eigenvalue weighted by molar-refractivity contribution is 5.73. The Bertz CT molecular complexity index is 932. The van der Waals surface area contributed by atoms with Gasteiger partial charge in [0.2, 0.25) is 11.8 Å². The van der Waals surface area contributed by atoms with Gasteiger partial charge in [0.15, 0.2) is 0 Å². The molecule has 0 amide bonds. The first-order chi connectivity index (χ1) is 16.8. The number of rotatable bonds is 11. The van der Waals surface area contributed by atoms with Crippen LogP contribution in [0.3, 0.4) is 0 Å². The van der Waals surface area contributed by atoms with Crippen LogP contribution in [0.2, 0.25) is 0 Å². The van der Waals surface area contributed by atoms with Crippen LogP contribution in [0.4, 0.5) is 5.69 Å². The van der Waals surface area contributed by atoms with Crippen LogP contribution in [0.25, 0.3) is 11.3 Å². The molecule has 3 rings (SSSR count). The van der Waals surface area contributed by atoms with Crippen molar-refractivity contribution in [2.45, 2.75) is 78.7 Å². The molecule has 0 N–H and O–H groups in total. The summed E-state index contributed by atoms with van der Waals surface area (Å²) >= 11 is 0. The van der Waals surface area contributed by atoms with Crippen LogP contribution >= 0.6 is 0 Å². The van der Waals surface area contributed by atoms with E-state index in [9.17, 15) is 4.79 Å². The molecule has 1 aliphatic rings. The van der Waals surface area contributed by atoms with E-state index in [1.807, 2.05) is 45.2 Å². The topological polar surface area (TPSA) is 73.8 Å². The van der Waals surface area contributed by atoms with Crippen molar-refractivity contribution in [1.82, 2.24) is 9.97 Å². The summed E-state index contributed by atoms with van der Waals surface area (Å²) in [4.78, 5) is 24.0. The molecular formula is C28H41N3O4. The summed E-state index contributed by atoms with van der Waals surface area (Å²) in [6.45, 7) is 12.9. The Kier molecular flexibility index (Phi) is 9.75. The van der Waals surface area contributed by atoms with Gasteiger partial charge in [-0.1, -0.05) is 26.7 Å². The molecule has 2 aromatic rings. The zero-order valence-electron chi connectivity index (χ0n) is 22.0. The number of carbonyl (C=O) groups is 1. The summed E-state index contributed by atoms with van der Waals surface area (Å²) in [5, 5.41) is 0. The van der Waals surface area contributed by atoms with Crippen molar-refractivity contribution in [1.29, 1.82) is 0 Å². The number of esters is 1. The monoisotopic (exact) mass is 483 g/mol. The fraction of sp³-hybridized carbons (Fsp3) is 0.607. The van der Waals surface area contributed by atoms with Gasteiger partial charge in [0.25, 0.3) is 0 Å². The van der Waals surface area contributed by atoms with Gasteiger partial charge in [-0.05, 0) is 64.7 Å². The van der Waals surface area contributed by atoms with Crippen molar-refractivity contribution in [2.75, 3.05) is 31.2 Å². The Morgan fingerprint density at radius 1 is 1.00 bits per heavy atom. The van der Waals surface area contributed by atoms with Gasteiger partial charge in [0, 0.05) is 19.2 Å². The van der Waals surface area contributed by atoms with Crippen molar-refractivity contribution >= 4 is 11.7 Å². The maximum Gasteiger partial charge on any atom is 0.309 e. The first-order valence-electron chi connectivity index (χ1n) is 13.0. The number of nitrogens with zero attached hydrogens (tertiary/aromatic N) is 3. The average molecular weight is 484 g/mol. The molecule has 3 heterocycles. The van der Waals surface area contributed by atoms with E-state index in [0.29, 0.717) is 25.0 Å². The molecule has 1 fully saturated rings. The number of pyridine rings is 2. The molecule has 0 bridgehead atoms. The molecular weight excluding hydrogens is 442 g/mol. The van der Waals surface area contributed by atoms with Gasteiger partial charge in [0.05, 0.1) is 42.3 Å². The Hall–Kier alpha value is -2.83. The summed E-state index contributed by atoms with van der Waals surface area (Å²) in [6, 6.07) is 7.95. The molecule has 0 unspecified atom stereocenters. The van der Waals surface area contributed by atoms with Crippen LogP contribution < -0.4 is 14.4 Å². The molecule has 192 valence electrons. The van der Waals surface area contributed by atoms with Gasteiger partial charge in [-0.15, -0.1) is 0 Å². The lowest BCUT2D eigenvalue weighted by Crippen LogP contribution is -2.38. The van der Waals surface area contributed by atoms with E-state index in [4.69, 9.17) is 19.2 Å². The van der Waals surface area contributed by atoms with Crippen molar-refractivity contribution in [3.05, 3.63) is 30.5 Å². The number of hydrogen-bond acceptors (Lipinski definition) is 7. The maximum absolute atomic E-state index is 12.4. The number of anilines is 1. The Labute approximate surface area is 210 Å². The smallest absolute Gasteiger partial charge is 0.309 e. The third-order valence-electron chi connectivity index (χ3n) is 5.94. The summed E-state index contributed by atoms with van der Waals surface area (Å²) in [6.07, 6.45) is 7.56. The highest BCUT2D eigenvalue weighted by Gasteiger charge is 2.29. The van der Waals surface area contributed by atoms with Gasteiger partial charge in [-0.3, -0.25) is 9.78 Å². The van der Waals surface area contributed by atoms with E-state index in [1.165, 1.54) is 0 Å². The predicted molar refractivity (Wildman–Crippen MR) is 139 cm³/mol. The van der Waals surface area contributed by atoms with E-state index in [1.54, 1.807) is 0 Å². The van der Waals surface area contributed by atoms with Gasteiger partial charge >= 0.3 is 5.97 Å². The van der Waals surface area contributed by atoms with E-state index in [0.717, 1.165) is 68.6 Å². The van der Waals surface area contributed by atoms with E-state index in [-0.39, 0.29) is 11.9 Å². The van der Waals surface area contributed by atoms with Crippen LogP contribution in [-0.4, -0.2) is 47.8 Å². The molecule has 2 aromatic heterocycles. The first kappa shape index (κ1) is 26.8. The summed E-state index contributed by atoms with van der Waals surface area (Å²) in [5.74, 6) is 1.02.